The highest BCUT2D eigenvalue weighted by molar-refractivity contribution is 6.01. The van der Waals surface area contributed by atoms with Crippen LogP contribution < -0.4 is 10.1 Å². The first-order chi connectivity index (χ1) is 15.0. The summed E-state index contributed by atoms with van der Waals surface area (Å²) in [6.45, 7) is 6.64. The maximum Gasteiger partial charge on any atom is 0.295 e. The Morgan fingerprint density at radius 1 is 0.968 bits per heavy atom. The molecule has 1 aromatic heterocycles. The molecule has 0 aliphatic heterocycles. The number of carbonyl (C=O) groups is 1. The molecule has 0 saturated carbocycles. The first-order valence-electron chi connectivity index (χ1n) is 10.2. The highest BCUT2D eigenvalue weighted by atomic mass is 16.5. The van der Waals surface area contributed by atoms with Crippen LogP contribution in [0.3, 0.4) is 0 Å². The first-order valence-corrected chi connectivity index (χ1v) is 10.2. The molecule has 31 heavy (non-hydrogen) atoms. The van der Waals surface area contributed by atoms with Gasteiger partial charge < -0.3 is 10.1 Å². The number of carbonyl (C=O) groups excluding carboxylic acids is 1. The third kappa shape index (κ3) is 4.48. The van der Waals surface area contributed by atoms with Crippen LogP contribution in [0.25, 0.3) is 17.1 Å². The van der Waals surface area contributed by atoms with Gasteiger partial charge in [-0.25, -0.2) is 9.67 Å². The lowest BCUT2D eigenvalue weighted by Crippen LogP contribution is -2.14. The average molecular weight is 412 g/mol. The molecule has 0 bridgehead atoms. The molecule has 4 rings (SSSR count). The molecule has 1 amide bonds. The van der Waals surface area contributed by atoms with Crippen LogP contribution in [0.2, 0.25) is 0 Å². The van der Waals surface area contributed by atoms with Crippen LogP contribution in [0.4, 0.5) is 5.69 Å². The van der Waals surface area contributed by atoms with E-state index in [-0.39, 0.29) is 11.7 Å². The molecule has 1 N–H and O–H groups in total. The van der Waals surface area contributed by atoms with Crippen molar-refractivity contribution in [1.29, 1.82) is 0 Å². The third-order valence-electron chi connectivity index (χ3n) is 5.00. The van der Waals surface area contributed by atoms with Gasteiger partial charge in [-0.3, -0.25) is 4.79 Å². The zero-order valence-electron chi connectivity index (χ0n) is 17.8. The van der Waals surface area contributed by atoms with E-state index >= 15 is 0 Å². The van der Waals surface area contributed by atoms with Crippen LogP contribution in [-0.4, -0.2) is 27.3 Å². The third-order valence-corrected chi connectivity index (χ3v) is 5.00. The Morgan fingerprint density at radius 2 is 1.71 bits per heavy atom. The molecule has 0 spiro atoms. The van der Waals surface area contributed by atoms with Crippen molar-refractivity contribution in [3.8, 4) is 22.8 Å². The van der Waals surface area contributed by atoms with E-state index in [1.54, 1.807) is 16.8 Å². The second-order valence-electron chi connectivity index (χ2n) is 7.22. The van der Waals surface area contributed by atoms with Gasteiger partial charge in [-0.1, -0.05) is 36.4 Å². The fourth-order valence-corrected chi connectivity index (χ4v) is 3.21. The number of aryl methyl sites for hydroxylation is 2. The van der Waals surface area contributed by atoms with E-state index in [0.717, 1.165) is 22.6 Å². The molecule has 4 aromatic rings. The Labute approximate surface area is 181 Å². The van der Waals surface area contributed by atoms with Crippen LogP contribution in [-0.2, 0) is 0 Å². The van der Waals surface area contributed by atoms with E-state index in [0.29, 0.717) is 18.1 Å². The molecule has 156 valence electrons. The number of nitrogens with one attached hydrogen (secondary N) is 1. The maximum absolute atomic E-state index is 12.9. The van der Waals surface area contributed by atoms with E-state index in [1.165, 1.54) is 5.56 Å². The molecule has 0 aliphatic carbocycles. The van der Waals surface area contributed by atoms with Crippen molar-refractivity contribution in [2.45, 2.75) is 20.8 Å². The smallest absolute Gasteiger partial charge is 0.295 e. The fourth-order valence-electron chi connectivity index (χ4n) is 3.21. The summed E-state index contributed by atoms with van der Waals surface area (Å²) in [6, 6.07) is 23.0. The summed E-state index contributed by atoms with van der Waals surface area (Å²) in [5.74, 6) is 1.10. The molecule has 6 nitrogen and oxygen atoms in total. The minimum Gasteiger partial charge on any atom is -0.494 e. The summed E-state index contributed by atoms with van der Waals surface area (Å²) in [5.41, 5.74) is 4.73. The zero-order chi connectivity index (χ0) is 21.8. The number of hydrogen-bond acceptors (Lipinski definition) is 4. The zero-order valence-corrected chi connectivity index (χ0v) is 17.8. The standard InChI is InChI=1S/C25H24N4O2/c1-4-31-22-14-11-20(12-15-22)26-25(30)23-27-24(19-8-6-5-7-9-19)29(28-23)21-13-10-17(2)18(3)16-21/h5-16H,4H2,1-3H3,(H,26,30). The largest absolute Gasteiger partial charge is 0.494 e. The van der Waals surface area contributed by atoms with Crippen LogP contribution in [0, 0.1) is 13.8 Å². The van der Waals surface area contributed by atoms with Gasteiger partial charge in [-0.2, -0.15) is 0 Å². The van der Waals surface area contributed by atoms with E-state index in [2.05, 4.69) is 29.2 Å². The molecule has 0 unspecified atom stereocenters. The predicted molar refractivity (Wildman–Crippen MR) is 122 cm³/mol. The monoisotopic (exact) mass is 412 g/mol. The van der Waals surface area contributed by atoms with Gasteiger partial charge in [0.2, 0.25) is 5.82 Å². The Bertz CT molecular complexity index is 1200. The highest BCUT2D eigenvalue weighted by Gasteiger charge is 2.19. The molecule has 0 saturated heterocycles. The Kier molecular flexibility index (Phi) is 5.80. The number of nitrogens with zero attached hydrogens (tertiary/aromatic N) is 3. The fraction of sp³-hybridized carbons (Fsp3) is 0.160. The molecule has 0 radical (unpaired) electrons. The normalized spacial score (nSPS) is 10.7. The number of rotatable bonds is 6. The second kappa shape index (κ2) is 8.83. The molecule has 1 heterocycles. The average Bonchev–Trinajstić information content (AvgIpc) is 3.23. The predicted octanol–water partition coefficient (Wildman–Crippen LogP) is 5.20. The highest BCUT2D eigenvalue weighted by Crippen LogP contribution is 2.23. The van der Waals surface area contributed by atoms with Crippen molar-refractivity contribution >= 4 is 11.6 Å². The lowest BCUT2D eigenvalue weighted by molar-refractivity contribution is 0.101. The number of anilines is 1. The van der Waals surface area contributed by atoms with Crippen LogP contribution in [0.15, 0.2) is 72.8 Å². The van der Waals surface area contributed by atoms with Crippen molar-refractivity contribution < 1.29 is 9.53 Å². The molecule has 0 atom stereocenters. The minimum absolute atomic E-state index is 0.103. The maximum atomic E-state index is 12.9. The summed E-state index contributed by atoms with van der Waals surface area (Å²) in [4.78, 5) is 17.5. The van der Waals surface area contributed by atoms with Gasteiger partial charge >= 0.3 is 0 Å². The van der Waals surface area contributed by atoms with Gasteiger partial charge in [-0.15, -0.1) is 5.10 Å². The number of amides is 1. The van der Waals surface area contributed by atoms with Gasteiger partial charge in [0.15, 0.2) is 5.82 Å². The van der Waals surface area contributed by atoms with Crippen molar-refractivity contribution in [2.24, 2.45) is 0 Å². The number of benzene rings is 3. The molecular formula is C25H24N4O2. The second-order valence-corrected chi connectivity index (χ2v) is 7.22. The van der Waals surface area contributed by atoms with Gasteiger partial charge in [-0.05, 0) is 68.3 Å². The Balaban J connectivity index is 1.69. The van der Waals surface area contributed by atoms with Crippen LogP contribution in [0.5, 0.6) is 5.75 Å². The first kappa shape index (κ1) is 20.3. The Morgan fingerprint density at radius 3 is 2.39 bits per heavy atom. The SMILES string of the molecule is CCOc1ccc(NC(=O)c2nc(-c3ccccc3)n(-c3ccc(C)c(C)c3)n2)cc1. The number of aromatic nitrogens is 3. The van der Waals surface area contributed by atoms with E-state index < -0.39 is 0 Å². The number of ether oxygens (including phenoxy) is 1. The minimum atomic E-state index is -0.371. The van der Waals surface area contributed by atoms with Crippen molar-refractivity contribution in [3.63, 3.8) is 0 Å². The lowest BCUT2D eigenvalue weighted by Gasteiger charge is -2.08. The summed E-state index contributed by atoms with van der Waals surface area (Å²) in [7, 11) is 0. The lowest BCUT2D eigenvalue weighted by atomic mass is 10.1. The van der Waals surface area contributed by atoms with Gasteiger partial charge in [0, 0.05) is 11.3 Å². The van der Waals surface area contributed by atoms with Crippen LogP contribution in [0.1, 0.15) is 28.7 Å². The van der Waals surface area contributed by atoms with Crippen molar-refractivity contribution in [3.05, 3.63) is 89.7 Å². The summed E-state index contributed by atoms with van der Waals surface area (Å²) >= 11 is 0. The van der Waals surface area contributed by atoms with Crippen LogP contribution >= 0.6 is 0 Å². The summed E-state index contributed by atoms with van der Waals surface area (Å²) in [5, 5.41) is 7.40. The molecule has 3 aromatic carbocycles. The molecule has 6 heteroatoms. The Hall–Kier alpha value is -3.93. The summed E-state index contributed by atoms with van der Waals surface area (Å²) in [6.07, 6.45) is 0. The molecular weight excluding hydrogens is 388 g/mol. The van der Waals surface area contributed by atoms with Crippen molar-refractivity contribution in [2.75, 3.05) is 11.9 Å². The molecule has 0 fully saturated rings. The van der Waals surface area contributed by atoms with Gasteiger partial charge in [0.1, 0.15) is 5.75 Å². The quantitative estimate of drug-likeness (QED) is 0.472. The van der Waals surface area contributed by atoms with Gasteiger partial charge in [0.25, 0.3) is 5.91 Å². The topological polar surface area (TPSA) is 69.0 Å². The van der Waals surface area contributed by atoms with Crippen molar-refractivity contribution in [1.82, 2.24) is 14.8 Å². The summed E-state index contributed by atoms with van der Waals surface area (Å²) < 4.78 is 7.16. The van der Waals surface area contributed by atoms with Gasteiger partial charge in [0.05, 0.1) is 12.3 Å². The molecule has 0 aliphatic rings. The van der Waals surface area contributed by atoms with E-state index in [4.69, 9.17) is 4.74 Å². The number of hydrogen-bond donors (Lipinski definition) is 1. The van der Waals surface area contributed by atoms with E-state index in [9.17, 15) is 4.79 Å². The van der Waals surface area contributed by atoms with E-state index in [1.807, 2.05) is 67.6 Å².